The molecule has 0 aliphatic carbocycles. The van der Waals surface area contributed by atoms with Crippen LogP contribution in [-0.4, -0.2) is 11.0 Å². The van der Waals surface area contributed by atoms with Gasteiger partial charge in [-0.15, -0.1) is 0 Å². The Labute approximate surface area is 119 Å². The fourth-order valence-corrected chi connectivity index (χ4v) is 1.95. The van der Waals surface area contributed by atoms with Gasteiger partial charge in [-0.25, -0.2) is 0 Å². The van der Waals surface area contributed by atoms with Gasteiger partial charge in [-0.1, -0.05) is 25.5 Å². The zero-order valence-electron chi connectivity index (χ0n) is 11.6. The number of nitrogens with one attached hydrogen (secondary N) is 1. The molecule has 3 heteroatoms. The van der Waals surface area contributed by atoms with Crippen molar-refractivity contribution >= 4 is 11.6 Å². The molecule has 0 unspecified atom stereocenters. The summed E-state index contributed by atoms with van der Waals surface area (Å²) in [6, 6.07) is 14.1. The van der Waals surface area contributed by atoms with Crippen LogP contribution in [0.5, 0.6) is 5.75 Å². The van der Waals surface area contributed by atoms with Gasteiger partial charge in [-0.05, 0) is 54.8 Å². The SMILES string of the molecule is CCCCc1ccc(NC(=O)c2ccc(O)cc2)cc1. The molecule has 0 radical (unpaired) electrons. The minimum Gasteiger partial charge on any atom is -0.508 e. The van der Waals surface area contributed by atoms with Crippen LogP contribution in [-0.2, 0) is 6.42 Å². The highest BCUT2D eigenvalue weighted by molar-refractivity contribution is 6.04. The van der Waals surface area contributed by atoms with Crippen LogP contribution in [0.2, 0.25) is 0 Å². The Morgan fingerprint density at radius 1 is 1.05 bits per heavy atom. The lowest BCUT2D eigenvalue weighted by Gasteiger charge is -2.06. The van der Waals surface area contributed by atoms with Gasteiger partial charge in [-0.3, -0.25) is 4.79 Å². The molecule has 0 bridgehead atoms. The van der Waals surface area contributed by atoms with E-state index in [1.807, 2.05) is 24.3 Å². The molecule has 104 valence electrons. The van der Waals surface area contributed by atoms with Gasteiger partial charge in [0.1, 0.15) is 5.75 Å². The van der Waals surface area contributed by atoms with Crippen molar-refractivity contribution in [2.45, 2.75) is 26.2 Å². The lowest BCUT2D eigenvalue weighted by molar-refractivity contribution is 0.102. The van der Waals surface area contributed by atoms with Crippen LogP contribution >= 0.6 is 0 Å². The number of aromatic hydroxyl groups is 1. The van der Waals surface area contributed by atoms with Crippen molar-refractivity contribution < 1.29 is 9.90 Å². The van der Waals surface area contributed by atoms with E-state index in [-0.39, 0.29) is 11.7 Å². The molecule has 20 heavy (non-hydrogen) atoms. The number of anilines is 1. The molecule has 0 aliphatic rings. The number of phenolic OH excluding ortho intramolecular Hbond substituents is 1. The van der Waals surface area contributed by atoms with Gasteiger partial charge in [-0.2, -0.15) is 0 Å². The average Bonchev–Trinajstić information content (AvgIpc) is 2.47. The number of carbonyl (C=O) groups is 1. The number of benzene rings is 2. The molecule has 0 saturated carbocycles. The van der Waals surface area contributed by atoms with Crippen molar-refractivity contribution in [3.8, 4) is 5.75 Å². The second-order valence-corrected chi connectivity index (χ2v) is 4.80. The molecule has 0 aromatic heterocycles. The Bertz CT molecular complexity index is 559. The van der Waals surface area contributed by atoms with E-state index in [0.29, 0.717) is 5.56 Å². The van der Waals surface area contributed by atoms with Gasteiger partial charge in [0.05, 0.1) is 0 Å². The summed E-state index contributed by atoms with van der Waals surface area (Å²) in [6.07, 6.45) is 3.43. The van der Waals surface area contributed by atoms with Crippen molar-refractivity contribution in [3.63, 3.8) is 0 Å². The third kappa shape index (κ3) is 3.85. The number of unbranched alkanes of at least 4 members (excludes halogenated alkanes) is 1. The van der Waals surface area contributed by atoms with E-state index < -0.39 is 0 Å². The van der Waals surface area contributed by atoms with Crippen LogP contribution in [0.4, 0.5) is 5.69 Å². The lowest BCUT2D eigenvalue weighted by atomic mass is 10.1. The summed E-state index contributed by atoms with van der Waals surface area (Å²) in [5.74, 6) is -0.0202. The molecule has 0 saturated heterocycles. The lowest BCUT2D eigenvalue weighted by Crippen LogP contribution is -2.11. The minimum atomic E-state index is -0.175. The third-order valence-electron chi connectivity index (χ3n) is 3.16. The number of hydrogen-bond donors (Lipinski definition) is 2. The number of phenols is 1. The summed E-state index contributed by atoms with van der Waals surface area (Å²) < 4.78 is 0. The summed E-state index contributed by atoms with van der Waals surface area (Å²) in [6.45, 7) is 2.17. The van der Waals surface area contributed by atoms with Crippen LogP contribution in [0, 0.1) is 0 Å². The Hall–Kier alpha value is -2.29. The monoisotopic (exact) mass is 269 g/mol. The molecule has 2 aromatic carbocycles. The van der Waals surface area contributed by atoms with Gasteiger partial charge >= 0.3 is 0 Å². The summed E-state index contributed by atoms with van der Waals surface area (Å²) >= 11 is 0. The average molecular weight is 269 g/mol. The van der Waals surface area contributed by atoms with E-state index in [0.717, 1.165) is 12.1 Å². The molecule has 2 N–H and O–H groups in total. The maximum atomic E-state index is 12.0. The molecule has 2 aromatic rings. The molecule has 1 amide bonds. The molecule has 0 spiro atoms. The molecule has 0 fully saturated rings. The summed E-state index contributed by atoms with van der Waals surface area (Å²) in [7, 11) is 0. The Kier molecular flexibility index (Phi) is 4.77. The van der Waals surface area contributed by atoms with Crippen LogP contribution in [0.1, 0.15) is 35.7 Å². The number of carbonyl (C=O) groups excluding carboxylic acids is 1. The first-order chi connectivity index (χ1) is 9.69. The maximum absolute atomic E-state index is 12.0. The summed E-state index contributed by atoms with van der Waals surface area (Å²) in [5, 5.41) is 12.0. The fraction of sp³-hybridized carbons (Fsp3) is 0.235. The summed E-state index contributed by atoms with van der Waals surface area (Å²) in [4.78, 5) is 12.0. The van der Waals surface area contributed by atoms with Crippen molar-refractivity contribution in [2.75, 3.05) is 5.32 Å². The number of hydrogen-bond acceptors (Lipinski definition) is 2. The Balaban J connectivity index is 1.99. The van der Waals surface area contributed by atoms with Gasteiger partial charge in [0.25, 0.3) is 5.91 Å². The predicted molar refractivity (Wildman–Crippen MR) is 81.1 cm³/mol. The molecule has 0 heterocycles. The highest BCUT2D eigenvalue weighted by Gasteiger charge is 2.05. The molecular formula is C17H19NO2. The largest absolute Gasteiger partial charge is 0.508 e. The van der Waals surface area contributed by atoms with E-state index in [2.05, 4.69) is 12.2 Å². The first kappa shape index (κ1) is 14.1. The first-order valence-corrected chi connectivity index (χ1v) is 6.88. The van der Waals surface area contributed by atoms with Crippen LogP contribution < -0.4 is 5.32 Å². The first-order valence-electron chi connectivity index (χ1n) is 6.88. The van der Waals surface area contributed by atoms with Gasteiger partial charge < -0.3 is 10.4 Å². The fourth-order valence-electron chi connectivity index (χ4n) is 1.95. The smallest absolute Gasteiger partial charge is 0.255 e. The second-order valence-electron chi connectivity index (χ2n) is 4.80. The van der Waals surface area contributed by atoms with Crippen molar-refractivity contribution in [1.29, 1.82) is 0 Å². The van der Waals surface area contributed by atoms with Gasteiger partial charge in [0, 0.05) is 11.3 Å². The molecule has 3 nitrogen and oxygen atoms in total. The predicted octanol–water partition coefficient (Wildman–Crippen LogP) is 3.99. The topological polar surface area (TPSA) is 49.3 Å². The zero-order valence-corrected chi connectivity index (χ0v) is 11.6. The van der Waals surface area contributed by atoms with Crippen molar-refractivity contribution in [1.82, 2.24) is 0 Å². The van der Waals surface area contributed by atoms with E-state index in [9.17, 15) is 9.90 Å². The van der Waals surface area contributed by atoms with E-state index >= 15 is 0 Å². The minimum absolute atomic E-state index is 0.154. The van der Waals surface area contributed by atoms with E-state index in [1.54, 1.807) is 12.1 Å². The van der Waals surface area contributed by atoms with Crippen LogP contribution in [0.3, 0.4) is 0 Å². The van der Waals surface area contributed by atoms with Gasteiger partial charge in [0.2, 0.25) is 0 Å². The normalized spacial score (nSPS) is 10.2. The van der Waals surface area contributed by atoms with Crippen LogP contribution in [0.25, 0.3) is 0 Å². The van der Waals surface area contributed by atoms with Crippen LogP contribution in [0.15, 0.2) is 48.5 Å². The van der Waals surface area contributed by atoms with Gasteiger partial charge in [0.15, 0.2) is 0 Å². The van der Waals surface area contributed by atoms with E-state index in [4.69, 9.17) is 0 Å². The highest BCUT2D eigenvalue weighted by Crippen LogP contribution is 2.14. The highest BCUT2D eigenvalue weighted by atomic mass is 16.3. The quantitative estimate of drug-likeness (QED) is 0.862. The van der Waals surface area contributed by atoms with Crippen molar-refractivity contribution in [3.05, 3.63) is 59.7 Å². The number of amides is 1. The molecule has 0 aliphatic heterocycles. The Morgan fingerprint density at radius 2 is 1.70 bits per heavy atom. The van der Waals surface area contributed by atoms with E-state index in [1.165, 1.54) is 30.5 Å². The second kappa shape index (κ2) is 6.75. The molecule has 0 atom stereocenters. The number of rotatable bonds is 5. The summed E-state index contributed by atoms with van der Waals surface area (Å²) in [5.41, 5.74) is 2.59. The molecule has 2 rings (SSSR count). The number of aryl methyl sites for hydroxylation is 1. The maximum Gasteiger partial charge on any atom is 0.255 e. The Morgan fingerprint density at radius 3 is 2.30 bits per heavy atom. The third-order valence-corrected chi connectivity index (χ3v) is 3.16. The molecular weight excluding hydrogens is 250 g/mol. The standard InChI is InChI=1S/C17H19NO2/c1-2-3-4-13-5-9-15(10-6-13)18-17(20)14-7-11-16(19)12-8-14/h5-12,19H,2-4H2,1H3,(H,18,20). The zero-order chi connectivity index (χ0) is 14.4. The van der Waals surface area contributed by atoms with Crippen molar-refractivity contribution in [2.24, 2.45) is 0 Å².